The van der Waals surface area contributed by atoms with E-state index in [2.05, 4.69) is 0 Å². The second-order valence-electron chi connectivity index (χ2n) is 3.16. The normalized spacial score (nSPS) is 21.2. The minimum absolute atomic E-state index is 0.147. The zero-order valence-corrected chi connectivity index (χ0v) is 7.56. The molecule has 13 heavy (non-hydrogen) atoms. The van der Waals surface area contributed by atoms with Gasteiger partial charge in [-0.2, -0.15) is 0 Å². The smallest absolute Gasteiger partial charge is 0.413 e. The maximum Gasteiger partial charge on any atom is 0.413 e. The zero-order chi connectivity index (χ0) is 9.84. The summed E-state index contributed by atoms with van der Waals surface area (Å²) in [5.74, 6) is -0.442. The molecule has 0 spiro atoms. The molecule has 0 heterocycles. The first-order valence-corrected chi connectivity index (χ1v) is 4.28. The van der Waals surface area contributed by atoms with Crippen molar-refractivity contribution in [2.75, 3.05) is 7.05 Å². The average Bonchev–Trinajstić information content (AvgIpc) is 2.17. The molecule has 0 aromatic heterocycles. The van der Waals surface area contributed by atoms with Crippen molar-refractivity contribution in [1.82, 2.24) is 4.90 Å². The summed E-state index contributed by atoms with van der Waals surface area (Å²) in [7, 11) is 1.29. The van der Waals surface area contributed by atoms with Gasteiger partial charge in [-0.1, -0.05) is 12.2 Å². The van der Waals surface area contributed by atoms with Gasteiger partial charge in [-0.3, -0.25) is 9.69 Å². The van der Waals surface area contributed by atoms with Gasteiger partial charge >= 0.3 is 6.09 Å². The zero-order valence-electron chi connectivity index (χ0n) is 7.56. The molecule has 2 amide bonds. The molecule has 0 aromatic rings. The van der Waals surface area contributed by atoms with Crippen LogP contribution in [0.2, 0.25) is 0 Å². The second kappa shape index (κ2) is 4.07. The fourth-order valence-electron chi connectivity index (χ4n) is 1.39. The van der Waals surface area contributed by atoms with Gasteiger partial charge in [-0.25, -0.2) is 4.79 Å². The number of hydrogen-bond acceptors (Lipinski definition) is 2. The standard InChI is InChI=1S/C9H13NO3/c1-10(9(12)13)8(11)7-5-3-2-4-6-7/h2-3,7H,4-6H2,1H3,(H,12,13). The molecule has 0 fully saturated rings. The third-order valence-corrected chi connectivity index (χ3v) is 2.24. The lowest BCUT2D eigenvalue weighted by Gasteiger charge is -2.20. The number of imide groups is 1. The first-order chi connectivity index (χ1) is 6.13. The van der Waals surface area contributed by atoms with E-state index in [1.165, 1.54) is 7.05 Å². The Morgan fingerprint density at radius 3 is 2.62 bits per heavy atom. The molecule has 1 atom stereocenters. The van der Waals surface area contributed by atoms with Crippen molar-refractivity contribution in [3.8, 4) is 0 Å². The van der Waals surface area contributed by atoms with Crippen molar-refractivity contribution in [3.63, 3.8) is 0 Å². The van der Waals surface area contributed by atoms with Crippen molar-refractivity contribution >= 4 is 12.0 Å². The number of rotatable bonds is 1. The lowest BCUT2D eigenvalue weighted by atomic mass is 9.93. The van der Waals surface area contributed by atoms with Gasteiger partial charge in [0, 0.05) is 13.0 Å². The van der Waals surface area contributed by atoms with E-state index in [0.29, 0.717) is 6.42 Å². The third-order valence-electron chi connectivity index (χ3n) is 2.24. The highest BCUT2D eigenvalue weighted by Gasteiger charge is 2.25. The van der Waals surface area contributed by atoms with Crippen LogP contribution >= 0.6 is 0 Å². The van der Waals surface area contributed by atoms with E-state index in [1.54, 1.807) is 0 Å². The van der Waals surface area contributed by atoms with Crippen LogP contribution in [0.1, 0.15) is 19.3 Å². The van der Waals surface area contributed by atoms with Crippen LogP contribution in [0.25, 0.3) is 0 Å². The van der Waals surface area contributed by atoms with Crippen LogP contribution in [0.4, 0.5) is 4.79 Å². The fraction of sp³-hybridized carbons (Fsp3) is 0.556. The molecule has 1 unspecified atom stereocenters. The topological polar surface area (TPSA) is 57.6 Å². The Balaban J connectivity index is 2.56. The molecule has 0 radical (unpaired) electrons. The van der Waals surface area contributed by atoms with Crippen molar-refractivity contribution in [3.05, 3.63) is 12.2 Å². The highest BCUT2D eigenvalue weighted by molar-refractivity contribution is 5.92. The Hall–Kier alpha value is -1.32. The number of carbonyl (C=O) groups excluding carboxylic acids is 1. The molecule has 72 valence electrons. The number of amides is 2. The number of allylic oxidation sites excluding steroid dienone is 2. The van der Waals surface area contributed by atoms with Crippen molar-refractivity contribution in [1.29, 1.82) is 0 Å². The summed E-state index contributed by atoms with van der Waals surface area (Å²) in [6, 6.07) is 0. The number of hydrogen-bond donors (Lipinski definition) is 1. The Bertz CT molecular complexity index is 247. The summed E-state index contributed by atoms with van der Waals surface area (Å²) in [5.41, 5.74) is 0. The van der Waals surface area contributed by atoms with E-state index in [4.69, 9.17) is 5.11 Å². The molecule has 0 saturated heterocycles. The van der Waals surface area contributed by atoms with Gasteiger partial charge in [0.1, 0.15) is 0 Å². The molecular weight excluding hydrogens is 170 g/mol. The van der Waals surface area contributed by atoms with E-state index in [-0.39, 0.29) is 11.8 Å². The van der Waals surface area contributed by atoms with Gasteiger partial charge in [0.05, 0.1) is 0 Å². The van der Waals surface area contributed by atoms with E-state index in [9.17, 15) is 9.59 Å². The number of nitrogens with zero attached hydrogens (tertiary/aromatic N) is 1. The molecule has 1 aliphatic rings. The Morgan fingerprint density at radius 1 is 1.46 bits per heavy atom. The van der Waals surface area contributed by atoms with Crippen molar-refractivity contribution in [2.24, 2.45) is 5.92 Å². The van der Waals surface area contributed by atoms with Crippen LogP contribution in [0.3, 0.4) is 0 Å². The quantitative estimate of drug-likeness (QED) is 0.626. The summed E-state index contributed by atoms with van der Waals surface area (Å²) in [6.45, 7) is 0. The summed E-state index contributed by atoms with van der Waals surface area (Å²) in [5, 5.41) is 8.57. The van der Waals surface area contributed by atoms with Gasteiger partial charge in [0.15, 0.2) is 0 Å². The van der Waals surface area contributed by atoms with E-state index < -0.39 is 6.09 Å². The molecule has 4 nitrogen and oxygen atoms in total. The molecule has 1 rings (SSSR count). The summed E-state index contributed by atoms with van der Waals surface area (Å²) in [4.78, 5) is 22.7. The SMILES string of the molecule is CN(C(=O)O)C(=O)C1CC=CCC1. The molecular formula is C9H13NO3. The predicted molar refractivity (Wildman–Crippen MR) is 47.3 cm³/mol. The largest absolute Gasteiger partial charge is 0.465 e. The molecule has 0 bridgehead atoms. The molecule has 1 aliphatic carbocycles. The van der Waals surface area contributed by atoms with Crippen LogP contribution < -0.4 is 0 Å². The molecule has 0 aromatic carbocycles. The maximum atomic E-state index is 11.5. The maximum absolute atomic E-state index is 11.5. The van der Waals surface area contributed by atoms with Gasteiger partial charge in [-0.15, -0.1) is 0 Å². The minimum Gasteiger partial charge on any atom is -0.465 e. The highest BCUT2D eigenvalue weighted by Crippen LogP contribution is 2.19. The predicted octanol–water partition coefficient (Wildman–Crippen LogP) is 1.48. The Labute approximate surface area is 76.8 Å². The second-order valence-corrected chi connectivity index (χ2v) is 3.16. The van der Waals surface area contributed by atoms with Gasteiger partial charge in [0.2, 0.25) is 5.91 Å². The number of carboxylic acid groups (broad SMARTS) is 1. The van der Waals surface area contributed by atoms with Crippen LogP contribution in [0, 0.1) is 5.92 Å². The molecule has 0 aliphatic heterocycles. The van der Waals surface area contributed by atoms with Crippen LogP contribution in [-0.2, 0) is 4.79 Å². The van der Waals surface area contributed by atoms with Crippen molar-refractivity contribution < 1.29 is 14.7 Å². The van der Waals surface area contributed by atoms with E-state index in [0.717, 1.165) is 17.7 Å². The van der Waals surface area contributed by atoms with Crippen molar-refractivity contribution in [2.45, 2.75) is 19.3 Å². The monoisotopic (exact) mass is 183 g/mol. The highest BCUT2D eigenvalue weighted by atomic mass is 16.4. The Morgan fingerprint density at radius 2 is 2.15 bits per heavy atom. The Kier molecular flexibility index (Phi) is 3.06. The lowest BCUT2D eigenvalue weighted by Crippen LogP contribution is -2.37. The molecule has 1 N–H and O–H groups in total. The van der Waals surface area contributed by atoms with Gasteiger partial charge < -0.3 is 5.11 Å². The first-order valence-electron chi connectivity index (χ1n) is 4.28. The van der Waals surface area contributed by atoms with Crippen LogP contribution in [-0.4, -0.2) is 29.1 Å². The lowest BCUT2D eigenvalue weighted by molar-refractivity contribution is -0.132. The average molecular weight is 183 g/mol. The summed E-state index contributed by atoms with van der Waals surface area (Å²) in [6.07, 6.45) is 5.05. The van der Waals surface area contributed by atoms with Crippen LogP contribution in [0.15, 0.2) is 12.2 Å². The molecule has 0 saturated carbocycles. The fourth-order valence-corrected chi connectivity index (χ4v) is 1.39. The summed E-state index contributed by atoms with van der Waals surface area (Å²) >= 11 is 0. The van der Waals surface area contributed by atoms with Gasteiger partial charge in [-0.05, 0) is 19.3 Å². The van der Waals surface area contributed by atoms with Gasteiger partial charge in [0.25, 0.3) is 0 Å². The minimum atomic E-state index is -1.18. The number of carbonyl (C=O) groups is 2. The van der Waals surface area contributed by atoms with Crippen LogP contribution in [0.5, 0.6) is 0 Å². The first kappa shape index (κ1) is 9.77. The van der Waals surface area contributed by atoms with E-state index in [1.807, 2.05) is 12.2 Å². The summed E-state index contributed by atoms with van der Waals surface area (Å²) < 4.78 is 0. The third kappa shape index (κ3) is 2.31. The molecule has 4 heteroatoms. The van der Waals surface area contributed by atoms with E-state index >= 15 is 0 Å².